The smallest absolute Gasteiger partial charge is 0.333 e. The number of rotatable bonds is 8. The second-order valence-electron chi connectivity index (χ2n) is 11.7. The Hall–Kier alpha value is -2.89. The Kier molecular flexibility index (Phi) is 9.74. The largest absolute Gasteiger partial charge is 0.460 e. The van der Waals surface area contributed by atoms with Gasteiger partial charge in [-0.1, -0.05) is 26.0 Å². The van der Waals surface area contributed by atoms with E-state index >= 15 is 0 Å². The highest BCUT2D eigenvalue weighted by atomic mass is 32.2. The minimum absolute atomic E-state index is 0.140. The standard InChI is InChI=1S/C29H39FN2O7S/c1-18(2)25-23(26(20-9-11-21(30)12-10-20)32-27(31-25)39-40(8,34)35)14-13-22-15-19(17-36-29(6,7)37-22)16-24(33)38-28(3,4)5/h9-14,18-19,22H,15-17H2,1-8H3. The number of hydrogen-bond acceptors (Lipinski definition) is 9. The fraction of sp³-hybridized carbons (Fsp3) is 0.552. The monoisotopic (exact) mass is 578 g/mol. The quantitative estimate of drug-likeness (QED) is 0.290. The summed E-state index contributed by atoms with van der Waals surface area (Å²) in [5, 5.41) is 0. The molecular weight excluding hydrogens is 539 g/mol. The van der Waals surface area contributed by atoms with E-state index in [1.807, 2.05) is 60.6 Å². The van der Waals surface area contributed by atoms with Gasteiger partial charge in [-0.25, -0.2) is 4.39 Å². The molecule has 220 valence electrons. The SMILES string of the molecule is CC(C)c1nc(OS(C)(=O)=O)nc(-c2ccc(F)cc2)c1C=CC1CC(CC(=O)OC(C)(C)C)COC(C)(C)O1. The molecule has 0 bridgehead atoms. The Morgan fingerprint density at radius 3 is 2.42 bits per heavy atom. The van der Waals surface area contributed by atoms with Crippen molar-refractivity contribution in [2.45, 2.75) is 84.7 Å². The van der Waals surface area contributed by atoms with Crippen molar-refractivity contribution in [3.63, 3.8) is 0 Å². The topological polar surface area (TPSA) is 114 Å². The fourth-order valence-electron chi connectivity index (χ4n) is 4.31. The van der Waals surface area contributed by atoms with Crippen LogP contribution in [-0.4, -0.2) is 54.7 Å². The van der Waals surface area contributed by atoms with Gasteiger partial charge in [0, 0.05) is 11.1 Å². The average molecular weight is 579 g/mol. The molecule has 0 spiro atoms. The Labute approximate surface area is 236 Å². The molecule has 0 aliphatic carbocycles. The second-order valence-corrected chi connectivity index (χ2v) is 13.3. The van der Waals surface area contributed by atoms with Crippen molar-refractivity contribution in [3.8, 4) is 17.3 Å². The normalized spacial score (nSPS) is 19.9. The van der Waals surface area contributed by atoms with Crippen molar-refractivity contribution in [2.75, 3.05) is 12.9 Å². The van der Waals surface area contributed by atoms with E-state index in [1.54, 1.807) is 12.1 Å². The number of halogens is 1. The average Bonchev–Trinajstić information content (AvgIpc) is 2.93. The summed E-state index contributed by atoms with van der Waals surface area (Å²) >= 11 is 0. The number of carbonyl (C=O) groups excluding carboxylic acids is 1. The van der Waals surface area contributed by atoms with E-state index in [2.05, 4.69) is 9.97 Å². The van der Waals surface area contributed by atoms with Crippen LogP contribution in [-0.2, 0) is 29.1 Å². The number of benzene rings is 1. The van der Waals surface area contributed by atoms with Gasteiger partial charge in [-0.15, -0.1) is 0 Å². The van der Waals surface area contributed by atoms with Crippen molar-refractivity contribution in [2.24, 2.45) is 5.92 Å². The number of carbonyl (C=O) groups is 1. The lowest BCUT2D eigenvalue weighted by atomic mass is 9.95. The minimum atomic E-state index is -3.89. The minimum Gasteiger partial charge on any atom is -0.460 e. The van der Waals surface area contributed by atoms with Crippen molar-refractivity contribution in [1.29, 1.82) is 0 Å². The molecular formula is C29H39FN2O7S. The summed E-state index contributed by atoms with van der Waals surface area (Å²) in [4.78, 5) is 21.3. The van der Waals surface area contributed by atoms with E-state index in [4.69, 9.17) is 18.4 Å². The van der Waals surface area contributed by atoms with Crippen LogP contribution in [0.2, 0.25) is 0 Å². The predicted octanol–water partition coefficient (Wildman–Crippen LogP) is 5.65. The van der Waals surface area contributed by atoms with Crippen LogP contribution in [0.25, 0.3) is 17.3 Å². The van der Waals surface area contributed by atoms with Gasteiger partial charge >= 0.3 is 22.1 Å². The highest BCUT2D eigenvalue weighted by Crippen LogP contribution is 2.33. The summed E-state index contributed by atoms with van der Waals surface area (Å²) in [5.74, 6) is -1.91. The highest BCUT2D eigenvalue weighted by Gasteiger charge is 2.33. The zero-order valence-electron chi connectivity index (χ0n) is 24.4. The molecule has 2 atom stereocenters. The van der Waals surface area contributed by atoms with Gasteiger partial charge in [-0.2, -0.15) is 18.4 Å². The van der Waals surface area contributed by atoms with Crippen LogP contribution in [0, 0.1) is 11.7 Å². The molecule has 1 aliphatic heterocycles. The molecule has 11 heteroatoms. The van der Waals surface area contributed by atoms with Gasteiger partial charge in [-0.3, -0.25) is 4.79 Å². The molecule has 0 saturated carbocycles. The molecule has 0 radical (unpaired) electrons. The first-order valence-electron chi connectivity index (χ1n) is 13.2. The van der Waals surface area contributed by atoms with E-state index in [0.29, 0.717) is 35.5 Å². The van der Waals surface area contributed by atoms with Gasteiger partial charge in [0.25, 0.3) is 0 Å². The molecule has 2 aromatic rings. The van der Waals surface area contributed by atoms with E-state index in [-0.39, 0.29) is 30.2 Å². The first kappa shape index (κ1) is 31.6. The van der Waals surface area contributed by atoms with Crippen LogP contribution in [0.15, 0.2) is 30.3 Å². The number of hydrogen-bond donors (Lipinski definition) is 0. The third-order valence-electron chi connectivity index (χ3n) is 5.87. The first-order valence-corrected chi connectivity index (χ1v) is 15.0. The lowest BCUT2D eigenvalue weighted by molar-refractivity contribution is -0.215. The molecule has 1 aromatic carbocycles. The molecule has 1 aliphatic rings. The predicted molar refractivity (Wildman–Crippen MR) is 149 cm³/mol. The summed E-state index contributed by atoms with van der Waals surface area (Å²) in [6.07, 6.45) is 4.83. The van der Waals surface area contributed by atoms with E-state index in [1.165, 1.54) is 12.1 Å². The van der Waals surface area contributed by atoms with Crippen LogP contribution in [0.4, 0.5) is 4.39 Å². The maximum atomic E-state index is 13.7. The van der Waals surface area contributed by atoms with Crippen LogP contribution >= 0.6 is 0 Å². The van der Waals surface area contributed by atoms with Gasteiger partial charge in [0.15, 0.2) is 5.79 Å². The number of aromatic nitrogens is 2. The van der Waals surface area contributed by atoms with Crippen LogP contribution in [0.1, 0.15) is 78.5 Å². The third-order valence-corrected chi connectivity index (χ3v) is 6.32. The number of nitrogens with zero attached hydrogens (tertiary/aromatic N) is 2. The van der Waals surface area contributed by atoms with E-state index < -0.39 is 33.4 Å². The van der Waals surface area contributed by atoms with Crippen molar-refractivity contribution >= 4 is 22.2 Å². The van der Waals surface area contributed by atoms with Crippen molar-refractivity contribution in [1.82, 2.24) is 9.97 Å². The Morgan fingerprint density at radius 1 is 1.20 bits per heavy atom. The zero-order valence-corrected chi connectivity index (χ0v) is 25.2. The van der Waals surface area contributed by atoms with E-state index in [9.17, 15) is 17.6 Å². The van der Waals surface area contributed by atoms with Crippen molar-refractivity contribution < 1.29 is 36.0 Å². The first-order chi connectivity index (χ1) is 18.4. The Morgan fingerprint density at radius 2 is 1.85 bits per heavy atom. The maximum absolute atomic E-state index is 13.7. The molecule has 9 nitrogen and oxygen atoms in total. The maximum Gasteiger partial charge on any atom is 0.333 e. The summed E-state index contributed by atoms with van der Waals surface area (Å²) in [6, 6.07) is 5.39. The lowest BCUT2D eigenvalue weighted by Gasteiger charge is -2.26. The summed E-state index contributed by atoms with van der Waals surface area (Å²) in [6.45, 7) is 13.3. The number of esters is 1. The third kappa shape index (κ3) is 9.64. The molecule has 0 amide bonds. The van der Waals surface area contributed by atoms with Gasteiger partial charge in [0.2, 0.25) is 0 Å². The molecule has 3 rings (SSSR count). The lowest BCUT2D eigenvalue weighted by Crippen LogP contribution is -2.30. The van der Waals surface area contributed by atoms with Crippen molar-refractivity contribution in [3.05, 3.63) is 47.4 Å². The fourth-order valence-corrected chi connectivity index (χ4v) is 4.66. The molecule has 1 aromatic heterocycles. The summed E-state index contributed by atoms with van der Waals surface area (Å²) in [7, 11) is -3.89. The van der Waals surface area contributed by atoms with Gasteiger partial charge < -0.3 is 18.4 Å². The molecule has 2 heterocycles. The van der Waals surface area contributed by atoms with Gasteiger partial charge in [-0.05, 0) is 77.1 Å². The zero-order chi connectivity index (χ0) is 29.9. The van der Waals surface area contributed by atoms with Gasteiger partial charge in [0.1, 0.15) is 11.4 Å². The number of ether oxygens (including phenoxy) is 3. The van der Waals surface area contributed by atoms with E-state index in [0.717, 1.165) is 6.26 Å². The highest BCUT2D eigenvalue weighted by molar-refractivity contribution is 7.86. The Balaban J connectivity index is 2.03. The molecule has 40 heavy (non-hydrogen) atoms. The van der Waals surface area contributed by atoms with Gasteiger partial charge in [0.05, 0.1) is 36.8 Å². The molecule has 1 saturated heterocycles. The summed E-state index contributed by atoms with van der Waals surface area (Å²) in [5.41, 5.74) is 1.49. The second kappa shape index (κ2) is 12.3. The Bertz CT molecular complexity index is 1330. The molecule has 0 N–H and O–H groups in total. The summed E-state index contributed by atoms with van der Waals surface area (Å²) < 4.78 is 60.1. The molecule has 1 fully saturated rings. The van der Waals surface area contributed by atoms with Crippen LogP contribution in [0.5, 0.6) is 6.01 Å². The molecule has 2 unspecified atom stereocenters. The van der Waals surface area contributed by atoms with Crippen LogP contribution < -0.4 is 4.18 Å². The van der Waals surface area contributed by atoms with Crippen LogP contribution in [0.3, 0.4) is 0 Å².